The highest BCUT2D eigenvalue weighted by Crippen LogP contribution is 2.43. The molecular formula is C7H14ClNO. The van der Waals surface area contributed by atoms with Gasteiger partial charge in [0.2, 0.25) is 0 Å². The molecule has 2 fully saturated rings. The zero-order chi connectivity index (χ0) is 6.32. The van der Waals surface area contributed by atoms with E-state index in [-0.39, 0.29) is 18.0 Å². The van der Waals surface area contributed by atoms with Crippen LogP contribution >= 0.6 is 12.4 Å². The van der Waals surface area contributed by atoms with Crippen molar-refractivity contribution in [2.45, 2.75) is 24.9 Å². The van der Waals surface area contributed by atoms with E-state index in [1.807, 2.05) is 0 Å². The van der Waals surface area contributed by atoms with Gasteiger partial charge in [0.15, 0.2) is 0 Å². The molecule has 0 aromatic heterocycles. The normalized spacial score (nSPS) is 43.5. The Kier molecular flexibility index (Phi) is 2.23. The zero-order valence-corrected chi connectivity index (χ0v) is 6.82. The summed E-state index contributed by atoms with van der Waals surface area (Å²) in [5.74, 6) is 0.841. The zero-order valence-electron chi connectivity index (χ0n) is 6.01. The van der Waals surface area contributed by atoms with Crippen LogP contribution in [0.2, 0.25) is 0 Å². The van der Waals surface area contributed by atoms with Crippen LogP contribution in [0.25, 0.3) is 0 Å². The molecule has 1 saturated carbocycles. The Morgan fingerprint density at radius 2 is 2.40 bits per heavy atom. The molecule has 0 spiro atoms. The fraction of sp³-hybridized carbons (Fsp3) is 1.00. The van der Waals surface area contributed by atoms with Crippen molar-refractivity contribution >= 4 is 12.4 Å². The molecule has 0 aromatic rings. The lowest BCUT2D eigenvalue weighted by atomic mass is 10.0. The second kappa shape index (κ2) is 2.68. The Balaban J connectivity index is 0.000000500. The second-order valence-corrected chi connectivity index (χ2v) is 3.31. The Hall–Kier alpha value is 0.210. The second-order valence-electron chi connectivity index (χ2n) is 3.31. The molecule has 1 heterocycles. The largest absolute Gasteiger partial charge is 0.373 e. The number of ether oxygens (including phenoxy) is 1. The predicted molar refractivity (Wildman–Crippen MR) is 42.3 cm³/mol. The van der Waals surface area contributed by atoms with Crippen molar-refractivity contribution in [3.63, 3.8) is 0 Å². The molecule has 2 rings (SSSR count). The van der Waals surface area contributed by atoms with Crippen LogP contribution in [0, 0.1) is 5.92 Å². The van der Waals surface area contributed by atoms with E-state index in [9.17, 15) is 0 Å². The van der Waals surface area contributed by atoms with Crippen LogP contribution in [0.15, 0.2) is 0 Å². The predicted octanol–water partition coefficient (Wildman–Crippen LogP) is 0.936. The van der Waals surface area contributed by atoms with Gasteiger partial charge in [0.1, 0.15) is 0 Å². The van der Waals surface area contributed by atoms with Crippen LogP contribution < -0.4 is 5.73 Å². The Labute approximate surface area is 67.5 Å². The number of rotatable bonds is 1. The highest BCUT2D eigenvalue weighted by atomic mass is 35.5. The topological polar surface area (TPSA) is 35.2 Å². The van der Waals surface area contributed by atoms with Gasteiger partial charge in [-0.15, -0.1) is 12.4 Å². The van der Waals surface area contributed by atoms with Crippen molar-refractivity contribution in [3.05, 3.63) is 0 Å². The molecule has 2 atom stereocenters. The molecule has 3 heteroatoms. The van der Waals surface area contributed by atoms with Gasteiger partial charge in [0, 0.05) is 6.54 Å². The first-order chi connectivity index (χ1) is 4.35. The maximum absolute atomic E-state index is 5.58. The van der Waals surface area contributed by atoms with Crippen LogP contribution in [-0.2, 0) is 4.74 Å². The van der Waals surface area contributed by atoms with Gasteiger partial charge in [0.25, 0.3) is 0 Å². The number of hydrogen-bond donors (Lipinski definition) is 1. The summed E-state index contributed by atoms with van der Waals surface area (Å²) in [5, 5.41) is 0. The monoisotopic (exact) mass is 163 g/mol. The van der Waals surface area contributed by atoms with Crippen molar-refractivity contribution < 1.29 is 4.74 Å². The van der Waals surface area contributed by atoms with E-state index in [2.05, 4.69) is 0 Å². The van der Waals surface area contributed by atoms with E-state index < -0.39 is 0 Å². The molecular weight excluding hydrogens is 150 g/mol. The smallest absolute Gasteiger partial charge is 0.0807 e. The Morgan fingerprint density at radius 1 is 1.60 bits per heavy atom. The van der Waals surface area contributed by atoms with E-state index in [0.717, 1.165) is 19.1 Å². The highest BCUT2D eigenvalue weighted by molar-refractivity contribution is 5.85. The third kappa shape index (κ3) is 1.04. The maximum Gasteiger partial charge on any atom is 0.0807 e. The lowest BCUT2D eigenvalue weighted by Gasteiger charge is -2.24. The van der Waals surface area contributed by atoms with Crippen molar-refractivity contribution in [1.29, 1.82) is 0 Å². The number of halogens is 1. The third-order valence-corrected chi connectivity index (χ3v) is 2.67. The molecule has 2 unspecified atom stereocenters. The fourth-order valence-electron chi connectivity index (χ4n) is 2.01. The molecule has 2 nitrogen and oxygen atoms in total. The van der Waals surface area contributed by atoms with E-state index in [1.165, 1.54) is 19.3 Å². The molecule has 2 N–H and O–H groups in total. The highest BCUT2D eigenvalue weighted by Gasteiger charge is 2.44. The lowest BCUT2D eigenvalue weighted by Crippen LogP contribution is -2.35. The van der Waals surface area contributed by atoms with Gasteiger partial charge in [-0.2, -0.15) is 0 Å². The summed E-state index contributed by atoms with van der Waals surface area (Å²) in [6, 6.07) is 0. The van der Waals surface area contributed by atoms with Gasteiger partial charge in [-0.1, -0.05) is 0 Å². The minimum Gasteiger partial charge on any atom is -0.373 e. The molecule has 10 heavy (non-hydrogen) atoms. The number of fused-ring (bicyclic) bond motifs is 2. The lowest BCUT2D eigenvalue weighted by molar-refractivity contribution is -0.00952. The molecule has 60 valence electrons. The molecule has 1 aliphatic heterocycles. The van der Waals surface area contributed by atoms with Crippen LogP contribution in [0.1, 0.15) is 19.3 Å². The third-order valence-electron chi connectivity index (χ3n) is 2.67. The first-order valence-corrected chi connectivity index (χ1v) is 3.69. The summed E-state index contributed by atoms with van der Waals surface area (Å²) < 4.78 is 5.56. The van der Waals surface area contributed by atoms with Crippen LogP contribution in [0.3, 0.4) is 0 Å². The van der Waals surface area contributed by atoms with E-state index in [4.69, 9.17) is 10.5 Å². The number of nitrogens with two attached hydrogens (primary N) is 1. The number of hydrogen-bond acceptors (Lipinski definition) is 2. The first-order valence-electron chi connectivity index (χ1n) is 3.69. The molecule has 0 aromatic carbocycles. The van der Waals surface area contributed by atoms with Gasteiger partial charge in [-0.3, -0.25) is 0 Å². The fourth-order valence-corrected chi connectivity index (χ4v) is 2.01. The molecule has 2 bridgehead atoms. The summed E-state index contributed by atoms with van der Waals surface area (Å²) >= 11 is 0. The van der Waals surface area contributed by atoms with Crippen LogP contribution in [-0.4, -0.2) is 18.8 Å². The molecule has 2 aliphatic rings. The van der Waals surface area contributed by atoms with E-state index >= 15 is 0 Å². The summed E-state index contributed by atoms with van der Waals surface area (Å²) in [6.45, 7) is 1.70. The van der Waals surface area contributed by atoms with E-state index in [0.29, 0.717) is 0 Å². The Morgan fingerprint density at radius 3 is 2.60 bits per heavy atom. The molecule has 0 radical (unpaired) electrons. The minimum atomic E-state index is 0. The van der Waals surface area contributed by atoms with Crippen molar-refractivity contribution in [2.75, 3.05) is 13.2 Å². The van der Waals surface area contributed by atoms with Crippen molar-refractivity contribution in [1.82, 2.24) is 0 Å². The van der Waals surface area contributed by atoms with Gasteiger partial charge >= 0.3 is 0 Å². The van der Waals surface area contributed by atoms with Gasteiger partial charge in [-0.05, 0) is 25.2 Å². The van der Waals surface area contributed by atoms with Crippen molar-refractivity contribution in [3.8, 4) is 0 Å². The van der Waals surface area contributed by atoms with Crippen LogP contribution in [0.5, 0.6) is 0 Å². The Bertz CT molecular complexity index is 121. The van der Waals surface area contributed by atoms with E-state index in [1.54, 1.807) is 0 Å². The van der Waals surface area contributed by atoms with Crippen LogP contribution in [0.4, 0.5) is 0 Å². The first kappa shape index (κ1) is 8.31. The van der Waals surface area contributed by atoms with Gasteiger partial charge < -0.3 is 10.5 Å². The average molecular weight is 164 g/mol. The summed E-state index contributed by atoms with van der Waals surface area (Å²) in [5.41, 5.74) is 5.71. The van der Waals surface area contributed by atoms with Gasteiger partial charge in [0.05, 0.1) is 12.2 Å². The molecule has 1 aliphatic carbocycles. The van der Waals surface area contributed by atoms with Crippen molar-refractivity contribution in [2.24, 2.45) is 11.7 Å². The van der Waals surface area contributed by atoms with Gasteiger partial charge in [-0.25, -0.2) is 0 Å². The summed E-state index contributed by atoms with van der Waals surface area (Å²) in [4.78, 5) is 0. The standard InChI is InChI=1S/C7H13NO.ClH/c8-5-7-2-1-6(3-7)4-9-7;/h6H,1-5,8H2;1H. The summed E-state index contributed by atoms with van der Waals surface area (Å²) in [7, 11) is 0. The SMILES string of the molecule is Cl.NCC12CCC(CO1)C2. The summed E-state index contributed by atoms with van der Waals surface area (Å²) in [6.07, 6.45) is 3.77. The minimum absolute atomic E-state index is 0. The average Bonchev–Trinajstić information content (AvgIpc) is 2.46. The quantitative estimate of drug-likeness (QED) is 0.625. The maximum atomic E-state index is 5.58. The molecule has 0 amide bonds. The molecule has 1 saturated heterocycles.